The molecule has 0 spiro atoms. The highest BCUT2D eigenvalue weighted by Gasteiger charge is 2.75. The molecular weight excluding hydrogens is 340 g/mol. The molecule has 0 radical (unpaired) electrons. The minimum absolute atomic E-state index is 0.186. The molecule has 25 heavy (non-hydrogen) atoms. The normalized spacial score (nSPS) is 57.8. The molecule has 4 fully saturated rings. The highest BCUT2D eigenvalue weighted by atomic mass is 16.8. The van der Waals surface area contributed by atoms with Gasteiger partial charge in [-0.25, -0.2) is 0 Å². The number of rotatable bonds is 4. The molecule has 0 aromatic carbocycles. The van der Waals surface area contributed by atoms with E-state index in [0.29, 0.717) is 13.0 Å². The second-order valence-corrected chi connectivity index (χ2v) is 7.19. The summed E-state index contributed by atoms with van der Waals surface area (Å²) in [5.74, 6) is -0.645. The topological polar surface area (TPSA) is 162 Å². The molecule has 0 bridgehead atoms. The van der Waals surface area contributed by atoms with Gasteiger partial charge >= 0.3 is 0 Å². The zero-order valence-corrected chi connectivity index (χ0v) is 13.4. The number of epoxide rings is 1. The van der Waals surface area contributed by atoms with Crippen LogP contribution in [0.4, 0.5) is 0 Å². The largest absolute Gasteiger partial charge is 0.394 e. The molecule has 3 aliphatic heterocycles. The second kappa shape index (κ2) is 6.34. The minimum Gasteiger partial charge on any atom is -0.394 e. The van der Waals surface area contributed by atoms with Crippen LogP contribution >= 0.6 is 0 Å². The monoisotopic (exact) mass is 364 g/mol. The van der Waals surface area contributed by atoms with E-state index in [0.717, 1.165) is 0 Å². The van der Waals surface area contributed by atoms with Gasteiger partial charge in [0.2, 0.25) is 0 Å². The van der Waals surface area contributed by atoms with E-state index in [1.54, 1.807) is 0 Å². The van der Waals surface area contributed by atoms with Gasteiger partial charge in [-0.2, -0.15) is 0 Å². The Bertz CT molecular complexity index is 503. The molecule has 4 rings (SSSR count). The number of aliphatic hydroxyl groups is 6. The Kier molecular flexibility index (Phi) is 4.56. The average molecular weight is 364 g/mol. The van der Waals surface area contributed by atoms with Crippen molar-refractivity contribution in [2.45, 2.75) is 61.2 Å². The molecule has 6 N–H and O–H groups in total. The van der Waals surface area contributed by atoms with E-state index >= 15 is 0 Å². The number of fused-ring (bicyclic) bond motifs is 3. The van der Waals surface area contributed by atoms with E-state index in [9.17, 15) is 30.6 Å². The molecule has 0 aromatic rings. The number of hydrogen-bond acceptors (Lipinski definition) is 10. The van der Waals surface area contributed by atoms with Crippen molar-refractivity contribution in [2.24, 2.45) is 11.8 Å². The summed E-state index contributed by atoms with van der Waals surface area (Å²) in [7, 11) is 0. The first kappa shape index (κ1) is 18.0. The highest BCUT2D eigenvalue weighted by Crippen LogP contribution is 2.60. The van der Waals surface area contributed by atoms with Crippen molar-refractivity contribution < 1.29 is 49.6 Å². The summed E-state index contributed by atoms with van der Waals surface area (Å²) in [6.07, 6.45) is -8.57. The van der Waals surface area contributed by atoms with Gasteiger partial charge in [0.05, 0.1) is 25.9 Å². The summed E-state index contributed by atoms with van der Waals surface area (Å²) in [5, 5.41) is 59.1. The van der Waals surface area contributed by atoms with Crippen LogP contribution in [0.3, 0.4) is 0 Å². The average Bonchev–Trinajstić information content (AvgIpc) is 3.31. The zero-order chi connectivity index (χ0) is 17.9. The van der Waals surface area contributed by atoms with Crippen LogP contribution in [0.5, 0.6) is 0 Å². The number of ether oxygens (including phenoxy) is 4. The van der Waals surface area contributed by atoms with E-state index in [4.69, 9.17) is 18.9 Å². The zero-order valence-electron chi connectivity index (χ0n) is 13.4. The Labute approximate surface area is 143 Å². The fourth-order valence-corrected chi connectivity index (χ4v) is 4.50. The lowest BCUT2D eigenvalue weighted by molar-refractivity contribution is -0.356. The van der Waals surface area contributed by atoms with Crippen LogP contribution in [-0.4, -0.2) is 105 Å². The Hall–Kier alpha value is -0.400. The first-order valence-corrected chi connectivity index (χ1v) is 8.49. The molecular formula is C15H24O10. The Morgan fingerprint density at radius 2 is 1.72 bits per heavy atom. The molecule has 3 saturated heterocycles. The van der Waals surface area contributed by atoms with Gasteiger partial charge in [0.15, 0.2) is 12.6 Å². The summed E-state index contributed by atoms with van der Waals surface area (Å²) in [6.45, 7) is -0.546. The fraction of sp³-hybridized carbons (Fsp3) is 1.00. The Morgan fingerprint density at radius 3 is 2.40 bits per heavy atom. The molecule has 0 unspecified atom stereocenters. The van der Waals surface area contributed by atoms with Crippen molar-refractivity contribution in [3.05, 3.63) is 0 Å². The third-order valence-corrected chi connectivity index (χ3v) is 5.94. The third kappa shape index (κ3) is 2.56. The van der Waals surface area contributed by atoms with Gasteiger partial charge in [-0.1, -0.05) is 0 Å². The van der Waals surface area contributed by atoms with Crippen molar-refractivity contribution in [1.29, 1.82) is 0 Å². The first-order chi connectivity index (χ1) is 11.9. The van der Waals surface area contributed by atoms with Gasteiger partial charge < -0.3 is 49.6 Å². The summed E-state index contributed by atoms with van der Waals surface area (Å²) < 4.78 is 22.2. The predicted molar refractivity (Wildman–Crippen MR) is 76.9 cm³/mol. The summed E-state index contributed by atoms with van der Waals surface area (Å²) in [6, 6.07) is 0. The van der Waals surface area contributed by atoms with Crippen molar-refractivity contribution in [3.8, 4) is 0 Å². The van der Waals surface area contributed by atoms with Gasteiger partial charge in [0.25, 0.3) is 0 Å². The Morgan fingerprint density at radius 1 is 0.960 bits per heavy atom. The quantitative estimate of drug-likeness (QED) is 0.274. The molecule has 4 aliphatic rings. The van der Waals surface area contributed by atoms with Crippen molar-refractivity contribution in [2.75, 3.05) is 19.8 Å². The molecule has 11 atom stereocenters. The minimum atomic E-state index is -1.55. The standard InChI is InChI=1S/C15H24O10/c16-3-6-9(19)10(20)11(21)14(23-6)24-13-7-5(1-2-22-13)8(18)12-15(7,4-17)25-12/h5-14,16-21H,1-4H2/t5-,6-,7-,8+,9-,10+,11-,12+,13+,14+,15-/m1/s1. The number of hydrogen-bond donors (Lipinski definition) is 6. The van der Waals surface area contributed by atoms with Gasteiger partial charge in [-0.05, 0) is 6.42 Å². The molecule has 10 heteroatoms. The molecule has 3 heterocycles. The SMILES string of the molecule is OC[C@H]1O[C@@H](O[C@@H]2OCC[C@H]3[C@H](O)[C@@H]4O[C@]4(CO)[C@@H]23)[C@H](O)[C@@H](O)[C@@H]1O. The van der Waals surface area contributed by atoms with Gasteiger partial charge in [-0.3, -0.25) is 0 Å². The van der Waals surface area contributed by atoms with Crippen LogP contribution in [0.15, 0.2) is 0 Å². The van der Waals surface area contributed by atoms with Crippen LogP contribution in [-0.2, 0) is 18.9 Å². The molecule has 0 amide bonds. The summed E-state index contributed by atoms with van der Waals surface area (Å²) in [5.41, 5.74) is -0.941. The lowest BCUT2D eigenvalue weighted by Gasteiger charge is -2.44. The van der Waals surface area contributed by atoms with E-state index < -0.39 is 67.3 Å². The third-order valence-electron chi connectivity index (χ3n) is 5.94. The molecule has 10 nitrogen and oxygen atoms in total. The molecule has 1 aliphatic carbocycles. The molecule has 0 aromatic heterocycles. The lowest BCUT2D eigenvalue weighted by Crippen LogP contribution is -2.61. The fourth-order valence-electron chi connectivity index (χ4n) is 4.50. The van der Waals surface area contributed by atoms with E-state index in [1.807, 2.05) is 0 Å². The summed E-state index contributed by atoms with van der Waals surface area (Å²) in [4.78, 5) is 0. The molecule has 144 valence electrons. The second-order valence-electron chi connectivity index (χ2n) is 7.19. The van der Waals surface area contributed by atoms with E-state index in [-0.39, 0.29) is 12.5 Å². The highest BCUT2D eigenvalue weighted by molar-refractivity contribution is 5.21. The maximum Gasteiger partial charge on any atom is 0.189 e. The van der Waals surface area contributed by atoms with Crippen LogP contribution in [0, 0.1) is 11.8 Å². The van der Waals surface area contributed by atoms with E-state index in [2.05, 4.69) is 0 Å². The van der Waals surface area contributed by atoms with Crippen LogP contribution < -0.4 is 0 Å². The maximum atomic E-state index is 10.3. The van der Waals surface area contributed by atoms with Crippen LogP contribution in [0.1, 0.15) is 6.42 Å². The van der Waals surface area contributed by atoms with Crippen LogP contribution in [0.2, 0.25) is 0 Å². The van der Waals surface area contributed by atoms with Crippen molar-refractivity contribution in [1.82, 2.24) is 0 Å². The first-order valence-electron chi connectivity index (χ1n) is 8.49. The van der Waals surface area contributed by atoms with Crippen molar-refractivity contribution in [3.63, 3.8) is 0 Å². The van der Waals surface area contributed by atoms with Gasteiger partial charge in [0.1, 0.15) is 36.1 Å². The smallest absolute Gasteiger partial charge is 0.189 e. The van der Waals surface area contributed by atoms with Gasteiger partial charge in [0, 0.05) is 11.8 Å². The van der Waals surface area contributed by atoms with Gasteiger partial charge in [-0.15, -0.1) is 0 Å². The lowest BCUT2D eigenvalue weighted by atomic mass is 9.83. The maximum absolute atomic E-state index is 10.3. The Balaban J connectivity index is 1.52. The van der Waals surface area contributed by atoms with E-state index in [1.165, 1.54) is 0 Å². The molecule has 1 saturated carbocycles. The predicted octanol–water partition coefficient (Wildman–Crippen LogP) is -3.71. The van der Waals surface area contributed by atoms with Crippen molar-refractivity contribution >= 4 is 0 Å². The van der Waals surface area contributed by atoms with Crippen LogP contribution in [0.25, 0.3) is 0 Å². The summed E-state index contributed by atoms with van der Waals surface area (Å²) >= 11 is 0. The number of aliphatic hydroxyl groups excluding tert-OH is 6.